The maximum absolute atomic E-state index is 13.4. The van der Waals surface area contributed by atoms with Gasteiger partial charge in [-0.05, 0) is 37.1 Å². The molecule has 1 aliphatic heterocycles. The molecule has 1 aromatic rings. The second kappa shape index (κ2) is 6.53. The van der Waals surface area contributed by atoms with Gasteiger partial charge in [0, 0.05) is 25.6 Å². The number of nitrogens with one attached hydrogen (secondary N) is 2. The second-order valence-corrected chi connectivity index (χ2v) is 7.08. The zero-order valence-electron chi connectivity index (χ0n) is 11.9. The smallest absolute Gasteiger partial charge is 0.221 e. The lowest BCUT2D eigenvalue weighted by Gasteiger charge is -2.26. The van der Waals surface area contributed by atoms with E-state index in [2.05, 4.69) is 10.6 Å². The number of hydrogen-bond acceptors (Lipinski definition) is 4. The average Bonchev–Trinajstić information content (AvgIpc) is 2.41. The molecule has 5 nitrogen and oxygen atoms in total. The molecule has 1 atom stereocenters. The van der Waals surface area contributed by atoms with Gasteiger partial charge in [0.1, 0.15) is 5.82 Å². The van der Waals surface area contributed by atoms with E-state index in [1.165, 1.54) is 12.1 Å². The van der Waals surface area contributed by atoms with Gasteiger partial charge in [-0.2, -0.15) is 0 Å². The minimum atomic E-state index is -3.33. The van der Waals surface area contributed by atoms with Crippen LogP contribution in [0.3, 0.4) is 0 Å². The van der Waals surface area contributed by atoms with Gasteiger partial charge in [0.05, 0.1) is 10.6 Å². The fourth-order valence-corrected chi connectivity index (χ4v) is 4.07. The molecule has 0 saturated carbocycles. The van der Waals surface area contributed by atoms with E-state index in [1.807, 2.05) is 6.92 Å². The summed E-state index contributed by atoms with van der Waals surface area (Å²) < 4.78 is 37.3. The number of carbonyl (C=O) groups is 1. The highest BCUT2D eigenvalue weighted by Crippen LogP contribution is 2.32. The molecule has 1 aliphatic rings. The number of amides is 1. The molecule has 1 aromatic carbocycles. The summed E-state index contributed by atoms with van der Waals surface area (Å²) in [5.74, 6) is -0.487. The maximum atomic E-state index is 13.4. The van der Waals surface area contributed by atoms with Crippen LogP contribution in [0.25, 0.3) is 0 Å². The van der Waals surface area contributed by atoms with Crippen molar-refractivity contribution in [3.8, 4) is 0 Å². The Kier molecular flexibility index (Phi) is 4.95. The van der Waals surface area contributed by atoms with Gasteiger partial charge in [-0.25, -0.2) is 12.8 Å². The Hall–Kier alpha value is -1.47. The predicted molar refractivity (Wildman–Crippen MR) is 77.1 cm³/mol. The van der Waals surface area contributed by atoms with Crippen LogP contribution < -0.4 is 10.6 Å². The number of halogens is 1. The summed E-state index contributed by atoms with van der Waals surface area (Å²) in [7, 11) is -3.33. The van der Waals surface area contributed by atoms with E-state index in [4.69, 9.17) is 0 Å². The normalized spacial score (nSPS) is 19.8. The van der Waals surface area contributed by atoms with Crippen molar-refractivity contribution in [2.24, 2.45) is 0 Å². The zero-order chi connectivity index (χ0) is 15.5. The minimum absolute atomic E-state index is 0.0322. The van der Waals surface area contributed by atoms with Gasteiger partial charge in [-0.1, -0.05) is 0 Å². The van der Waals surface area contributed by atoms with Crippen molar-refractivity contribution in [2.75, 3.05) is 18.8 Å². The Morgan fingerprint density at radius 3 is 2.90 bits per heavy atom. The molecule has 116 valence electrons. The first kappa shape index (κ1) is 15.9. The SMILES string of the molecule is CCNC(=O)CCNC1CCS(=O)(=O)c2ccc(F)cc21. The van der Waals surface area contributed by atoms with E-state index in [-0.39, 0.29) is 22.6 Å². The van der Waals surface area contributed by atoms with Gasteiger partial charge in [0.15, 0.2) is 9.84 Å². The van der Waals surface area contributed by atoms with Gasteiger partial charge in [0.25, 0.3) is 0 Å². The van der Waals surface area contributed by atoms with Gasteiger partial charge in [-0.15, -0.1) is 0 Å². The van der Waals surface area contributed by atoms with Gasteiger partial charge >= 0.3 is 0 Å². The number of carbonyl (C=O) groups excluding carboxylic acids is 1. The molecule has 0 aliphatic carbocycles. The number of fused-ring (bicyclic) bond motifs is 1. The van der Waals surface area contributed by atoms with Gasteiger partial charge in [-0.3, -0.25) is 4.79 Å². The molecule has 2 rings (SSSR count). The van der Waals surface area contributed by atoms with Crippen molar-refractivity contribution in [3.05, 3.63) is 29.6 Å². The van der Waals surface area contributed by atoms with E-state index < -0.39 is 15.7 Å². The lowest BCUT2D eigenvalue weighted by molar-refractivity contribution is -0.120. The van der Waals surface area contributed by atoms with Crippen molar-refractivity contribution >= 4 is 15.7 Å². The fraction of sp³-hybridized carbons (Fsp3) is 0.500. The van der Waals surface area contributed by atoms with E-state index in [0.29, 0.717) is 31.5 Å². The van der Waals surface area contributed by atoms with Crippen LogP contribution in [-0.4, -0.2) is 33.2 Å². The molecular weight excluding hydrogens is 295 g/mol. The molecule has 1 amide bonds. The molecule has 0 saturated heterocycles. The third-order valence-electron chi connectivity index (χ3n) is 3.47. The quantitative estimate of drug-likeness (QED) is 0.800. The van der Waals surface area contributed by atoms with E-state index in [1.54, 1.807) is 0 Å². The summed E-state index contributed by atoms with van der Waals surface area (Å²) in [5.41, 5.74) is 0.456. The lowest BCUT2D eigenvalue weighted by Crippen LogP contribution is -2.33. The van der Waals surface area contributed by atoms with Crippen LogP contribution in [0, 0.1) is 5.82 Å². The first-order valence-corrected chi connectivity index (χ1v) is 8.61. The summed E-state index contributed by atoms with van der Waals surface area (Å²) in [4.78, 5) is 11.6. The minimum Gasteiger partial charge on any atom is -0.356 e. The highest BCUT2D eigenvalue weighted by atomic mass is 32.2. The Balaban J connectivity index is 2.09. The first-order valence-electron chi connectivity index (χ1n) is 6.96. The van der Waals surface area contributed by atoms with Crippen LogP contribution in [-0.2, 0) is 14.6 Å². The fourth-order valence-electron chi connectivity index (χ4n) is 2.47. The lowest BCUT2D eigenvalue weighted by atomic mass is 10.0. The Bertz CT molecular complexity index is 631. The van der Waals surface area contributed by atoms with Crippen LogP contribution in [0.4, 0.5) is 4.39 Å². The Labute approximate surface area is 123 Å². The van der Waals surface area contributed by atoms with Crippen molar-refractivity contribution in [1.82, 2.24) is 10.6 Å². The average molecular weight is 314 g/mol. The van der Waals surface area contributed by atoms with Gasteiger partial charge in [0.2, 0.25) is 5.91 Å². The molecule has 0 bridgehead atoms. The number of benzene rings is 1. The summed E-state index contributed by atoms with van der Waals surface area (Å²) in [5, 5.41) is 5.83. The van der Waals surface area contributed by atoms with Crippen LogP contribution in [0.5, 0.6) is 0 Å². The first-order chi connectivity index (χ1) is 9.94. The van der Waals surface area contributed by atoms with Crippen LogP contribution in [0.15, 0.2) is 23.1 Å². The van der Waals surface area contributed by atoms with E-state index >= 15 is 0 Å². The summed E-state index contributed by atoms with van der Waals surface area (Å²) in [6.07, 6.45) is 0.690. The van der Waals surface area contributed by atoms with E-state index in [9.17, 15) is 17.6 Å². The zero-order valence-corrected chi connectivity index (χ0v) is 12.7. The van der Waals surface area contributed by atoms with Gasteiger partial charge < -0.3 is 10.6 Å². The number of sulfone groups is 1. The highest BCUT2D eigenvalue weighted by Gasteiger charge is 2.30. The molecular formula is C14H19FN2O3S. The molecule has 0 spiro atoms. The van der Waals surface area contributed by atoms with Crippen molar-refractivity contribution in [1.29, 1.82) is 0 Å². The van der Waals surface area contributed by atoms with E-state index in [0.717, 1.165) is 6.07 Å². The summed E-state index contributed by atoms with van der Waals surface area (Å²) in [6, 6.07) is 3.50. The molecule has 0 aromatic heterocycles. The third-order valence-corrected chi connectivity index (χ3v) is 5.29. The molecule has 2 N–H and O–H groups in total. The Morgan fingerprint density at radius 1 is 1.43 bits per heavy atom. The van der Waals surface area contributed by atoms with Crippen molar-refractivity contribution in [2.45, 2.75) is 30.7 Å². The summed E-state index contributed by atoms with van der Waals surface area (Å²) >= 11 is 0. The molecule has 0 fully saturated rings. The predicted octanol–water partition coefficient (Wildman–Crippen LogP) is 1.16. The third kappa shape index (κ3) is 3.79. The second-order valence-electron chi connectivity index (χ2n) is 5.00. The standard InChI is InChI=1S/C14H19FN2O3S/c1-2-16-14(18)5-7-17-12-6-8-21(19,20)13-4-3-10(15)9-11(12)13/h3-4,9,12,17H,2,5-8H2,1H3,(H,16,18). The van der Waals surface area contributed by atoms with Crippen LogP contribution in [0.1, 0.15) is 31.4 Å². The summed E-state index contributed by atoms with van der Waals surface area (Å²) in [6.45, 7) is 2.84. The highest BCUT2D eigenvalue weighted by molar-refractivity contribution is 7.91. The van der Waals surface area contributed by atoms with Crippen LogP contribution >= 0.6 is 0 Å². The monoisotopic (exact) mass is 314 g/mol. The molecule has 21 heavy (non-hydrogen) atoms. The molecule has 0 radical (unpaired) electrons. The largest absolute Gasteiger partial charge is 0.356 e. The Morgan fingerprint density at radius 2 is 2.19 bits per heavy atom. The molecule has 1 heterocycles. The number of hydrogen-bond donors (Lipinski definition) is 2. The molecule has 1 unspecified atom stereocenters. The van der Waals surface area contributed by atoms with Crippen molar-refractivity contribution < 1.29 is 17.6 Å². The van der Waals surface area contributed by atoms with Crippen molar-refractivity contribution in [3.63, 3.8) is 0 Å². The maximum Gasteiger partial charge on any atom is 0.221 e. The van der Waals surface area contributed by atoms with Crippen LogP contribution in [0.2, 0.25) is 0 Å². The topological polar surface area (TPSA) is 75.3 Å². The number of rotatable bonds is 5. The molecule has 7 heteroatoms.